The highest BCUT2D eigenvalue weighted by Crippen LogP contribution is 2.64. The quantitative estimate of drug-likeness (QED) is 0.755. The van der Waals surface area contributed by atoms with Gasteiger partial charge in [-0.05, 0) is 49.4 Å². The molecule has 0 unspecified atom stereocenters. The summed E-state index contributed by atoms with van der Waals surface area (Å²) in [5.74, 6) is 2.42. The Kier molecular flexibility index (Phi) is 3.39. The summed E-state index contributed by atoms with van der Waals surface area (Å²) in [4.78, 5) is 24.5. The molecule has 4 rings (SSSR count). The van der Waals surface area contributed by atoms with Crippen LogP contribution < -0.4 is 0 Å². The summed E-state index contributed by atoms with van der Waals surface area (Å²) in [6.07, 6.45) is 8.15. The van der Waals surface area contributed by atoms with E-state index < -0.39 is 0 Å². The zero-order valence-corrected chi connectivity index (χ0v) is 14.3. The van der Waals surface area contributed by atoms with E-state index in [9.17, 15) is 14.7 Å². The van der Waals surface area contributed by atoms with Gasteiger partial charge in [-0.25, -0.2) is 0 Å². The van der Waals surface area contributed by atoms with Crippen molar-refractivity contribution in [3.8, 4) is 0 Å². The summed E-state index contributed by atoms with van der Waals surface area (Å²) >= 11 is 0. The van der Waals surface area contributed by atoms with Crippen molar-refractivity contribution in [1.82, 2.24) is 0 Å². The fraction of sp³-hybridized carbons (Fsp3) is 0.800. The Morgan fingerprint density at radius 2 is 2.04 bits per heavy atom. The molecule has 0 aromatic heterocycles. The van der Waals surface area contributed by atoms with Gasteiger partial charge in [-0.3, -0.25) is 9.59 Å². The summed E-state index contributed by atoms with van der Waals surface area (Å²) in [6, 6.07) is 0. The second-order valence-corrected chi connectivity index (χ2v) is 8.78. The largest absolute Gasteiger partial charge is 0.395 e. The van der Waals surface area contributed by atoms with Crippen molar-refractivity contribution in [2.45, 2.75) is 58.8 Å². The summed E-state index contributed by atoms with van der Waals surface area (Å²) in [6.45, 7) is 4.49. The van der Waals surface area contributed by atoms with Gasteiger partial charge in [0.15, 0.2) is 0 Å². The number of carbonyl (C=O) groups excluding carboxylic acids is 2. The van der Waals surface area contributed by atoms with E-state index in [0.29, 0.717) is 42.2 Å². The highest BCUT2D eigenvalue weighted by Gasteiger charge is 2.61. The second-order valence-electron chi connectivity index (χ2n) is 8.78. The van der Waals surface area contributed by atoms with Gasteiger partial charge in [0, 0.05) is 30.1 Å². The molecule has 0 amide bonds. The minimum Gasteiger partial charge on any atom is -0.395 e. The molecule has 4 aliphatic carbocycles. The topological polar surface area (TPSA) is 54.4 Å². The zero-order valence-electron chi connectivity index (χ0n) is 14.3. The number of hydrogen-bond acceptors (Lipinski definition) is 3. The van der Waals surface area contributed by atoms with Crippen molar-refractivity contribution in [2.24, 2.45) is 34.5 Å². The first-order valence-corrected chi connectivity index (χ1v) is 9.29. The van der Waals surface area contributed by atoms with Crippen LogP contribution in [0.5, 0.6) is 0 Å². The smallest absolute Gasteiger partial charge is 0.139 e. The average Bonchev–Trinajstić information content (AvgIpc) is 2.82. The van der Waals surface area contributed by atoms with Crippen LogP contribution >= 0.6 is 0 Å². The van der Waals surface area contributed by atoms with Crippen LogP contribution in [-0.4, -0.2) is 23.3 Å². The summed E-state index contributed by atoms with van der Waals surface area (Å²) in [7, 11) is 0. The van der Waals surface area contributed by atoms with Crippen LogP contribution in [0.2, 0.25) is 0 Å². The van der Waals surface area contributed by atoms with Crippen molar-refractivity contribution >= 4 is 11.6 Å². The lowest BCUT2D eigenvalue weighted by molar-refractivity contribution is -0.136. The van der Waals surface area contributed by atoms with Crippen molar-refractivity contribution in [3.05, 3.63) is 11.6 Å². The van der Waals surface area contributed by atoms with Crippen molar-refractivity contribution in [3.63, 3.8) is 0 Å². The lowest BCUT2D eigenvalue weighted by Crippen LogP contribution is -2.55. The molecule has 4 aliphatic rings. The van der Waals surface area contributed by atoms with E-state index in [1.165, 1.54) is 5.57 Å². The number of carbonyl (C=O) groups is 2. The van der Waals surface area contributed by atoms with Crippen molar-refractivity contribution in [1.29, 1.82) is 0 Å². The maximum absolute atomic E-state index is 12.4. The molecule has 126 valence electrons. The van der Waals surface area contributed by atoms with Gasteiger partial charge in [-0.2, -0.15) is 0 Å². The Morgan fingerprint density at radius 3 is 2.78 bits per heavy atom. The first-order valence-electron chi connectivity index (χ1n) is 9.29. The molecule has 0 saturated heterocycles. The average molecular weight is 316 g/mol. The number of Topliss-reactive ketones (excluding diaryl/α,β-unsaturated/α-hetero) is 2. The highest BCUT2D eigenvalue weighted by atomic mass is 16.3. The number of rotatable bonds is 1. The minimum absolute atomic E-state index is 0.128. The summed E-state index contributed by atoms with van der Waals surface area (Å²) < 4.78 is 0. The van der Waals surface area contributed by atoms with Crippen LogP contribution in [0, 0.1) is 34.5 Å². The van der Waals surface area contributed by atoms with Crippen LogP contribution in [0.25, 0.3) is 0 Å². The van der Waals surface area contributed by atoms with Gasteiger partial charge in [-0.15, -0.1) is 0 Å². The molecular formula is C20H28O3. The van der Waals surface area contributed by atoms with Gasteiger partial charge in [-0.1, -0.05) is 25.5 Å². The Labute approximate surface area is 138 Å². The molecule has 3 saturated carbocycles. The van der Waals surface area contributed by atoms with E-state index >= 15 is 0 Å². The third-order valence-electron chi connectivity index (χ3n) is 8.10. The molecule has 0 bridgehead atoms. The Bertz CT molecular complexity index is 592. The van der Waals surface area contributed by atoms with E-state index in [1.54, 1.807) is 0 Å². The number of allylic oxidation sites excluding steroid dienone is 1. The van der Waals surface area contributed by atoms with Gasteiger partial charge in [0.2, 0.25) is 0 Å². The third-order valence-corrected chi connectivity index (χ3v) is 8.10. The number of aliphatic hydroxyl groups excluding tert-OH is 1. The molecule has 0 radical (unpaired) electrons. The highest BCUT2D eigenvalue weighted by molar-refractivity contribution is 5.87. The fourth-order valence-electron chi connectivity index (χ4n) is 6.83. The molecular weight excluding hydrogens is 288 g/mol. The first-order chi connectivity index (χ1) is 10.9. The number of hydrogen-bond donors (Lipinski definition) is 1. The maximum atomic E-state index is 12.4. The molecule has 3 nitrogen and oxygen atoms in total. The van der Waals surface area contributed by atoms with Crippen LogP contribution in [0.3, 0.4) is 0 Å². The predicted octanol–water partition coefficient (Wildman–Crippen LogP) is 3.31. The molecule has 0 heterocycles. The van der Waals surface area contributed by atoms with E-state index in [1.807, 2.05) is 0 Å². The minimum atomic E-state index is -0.205. The molecule has 0 aromatic rings. The predicted molar refractivity (Wildman–Crippen MR) is 87.7 cm³/mol. The SMILES string of the molecule is C[C@@H]1CC(=O)CC2=CC[C@@H]3[C@H](CC[C@]4(C)C(=O)CC[C@@H]34)[C@]21CO. The number of ketones is 2. The number of fused-ring (bicyclic) bond motifs is 5. The Morgan fingerprint density at radius 1 is 1.26 bits per heavy atom. The second kappa shape index (κ2) is 5.02. The van der Waals surface area contributed by atoms with Crippen LogP contribution in [0.1, 0.15) is 58.8 Å². The standard InChI is InChI=1S/C20H28O3/c1-12-9-14(22)10-13-3-4-15-16-5-6-18(23)19(16,2)8-7-17(15)20(12,13)11-21/h3,12,15-17,21H,4-11H2,1-2H3/t12-,15+,16+,17+,19+,20+/m1/s1. The summed E-state index contributed by atoms with van der Waals surface area (Å²) in [5.41, 5.74) is 0.874. The van der Waals surface area contributed by atoms with Gasteiger partial charge in [0.1, 0.15) is 11.6 Å². The van der Waals surface area contributed by atoms with E-state index in [0.717, 1.165) is 32.1 Å². The fourth-order valence-corrected chi connectivity index (χ4v) is 6.83. The van der Waals surface area contributed by atoms with E-state index in [2.05, 4.69) is 19.9 Å². The molecule has 23 heavy (non-hydrogen) atoms. The molecule has 0 aliphatic heterocycles. The van der Waals surface area contributed by atoms with Gasteiger partial charge >= 0.3 is 0 Å². The molecule has 1 N–H and O–H groups in total. The molecule has 0 spiro atoms. The normalized spacial score (nSPS) is 49.3. The maximum Gasteiger partial charge on any atom is 0.139 e. The molecule has 3 heteroatoms. The zero-order chi connectivity index (χ0) is 16.4. The Balaban J connectivity index is 1.77. The molecule has 6 atom stereocenters. The third kappa shape index (κ3) is 1.86. The van der Waals surface area contributed by atoms with Gasteiger partial charge in [0.05, 0.1) is 6.61 Å². The van der Waals surface area contributed by atoms with Crippen LogP contribution in [-0.2, 0) is 9.59 Å². The Hall–Kier alpha value is -0.960. The van der Waals surface area contributed by atoms with E-state index in [-0.39, 0.29) is 23.4 Å². The lowest BCUT2D eigenvalue weighted by atomic mass is 9.45. The van der Waals surface area contributed by atoms with Crippen molar-refractivity contribution < 1.29 is 14.7 Å². The lowest BCUT2D eigenvalue weighted by Gasteiger charge is -2.58. The van der Waals surface area contributed by atoms with Crippen LogP contribution in [0.15, 0.2) is 11.6 Å². The number of aliphatic hydroxyl groups is 1. The monoisotopic (exact) mass is 316 g/mol. The molecule has 3 fully saturated rings. The molecule has 0 aromatic carbocycles. The van der Waals surface area contributed by atoms with Gasteiger partial charge in [0.25, 0.3) is 0 Å². The first kappa shape index (κ1) is 15.6. The van der Waals surface area contributed by atoms with Gasteiger partial charge < -0.3 is 5.11 Å². The summed E-state index contributed by atoms with van der Waals surface area (Å²) in [5, 5.41) is 10.4. The van der Waals surface area contributed by atoms with Crippen LogP contribution in [0.4, 0.5) is 0 Å². The van der Waals surface area contributed by atoms with Crippen molar-refractivity contribution in [2.75, 3.05) is 6.61 Å². The van der Waals surface area contributed by atoms with E-state index in [4.69, 9.17) is 0 Å².